The molecule has 0 radical (unpaired) electrons. The molecule has 2 saturated carbocycles. The number of hydrogen-bond donors (Lipinski definition) is 2. The van der Waals surface area contributed by atoms with Gasteiger partial charge in [0.05, 0.1) is 17.8 Å². The molecule has 2 aliphatic carbocycles. The van der Waals surface area contributed by atoms with E-state index in [4.69, 9.17) is 11.6 Å². The minimum absolute atomic E-state index is 0.0214. The van der Waals surface area contributed by atoms with Crippen LogP contribution in [0, 0.1) is 5.41 Å². The third-order valence-electron chi connectivity index (χ3n) is 9.17. The molecule has 3 aromatic rings. The first-order valence-electron chi connectivity index (χ1n) is 14.0. The second kappa shape index (κ2) is 9.34. The summed E-state index contributed by atoms with van der Waals surface area (Å²) in [6, 6.07) is 5.00. The number of aromatic nitrogens is 5. The average molecular weight is 578 g/mol. The number of H-pyrrole nitrogens is 1. The van der Waals surface area contributed by atoms with Crippen molar-refractivity contribution in [1.29, 1.82) is 0 Å². The number of hydrogen-bond acceptors (Lipinski definition) is 5. The molecule has 9 nitrogen and oxygen atoms in total. The molecule has 1 spiro atoms. The van der Waals surface area contributed by atoms with Gasteiger partial charge >= 0.3 is 12.2 Å². The summed E-state index contributed by atoms with van der Waals surface area (Å²) in [5.74, 6) is 2.95. The third-order valence-corrected chi connectivity index (χ3v) is 9.41. The fourth-order valence-electron chi connectivity index (χ4n) is 6.78. The molecule has 2 aromatic heterocycles. The lowest BCUT2D eigenvalue weighted by molar-refractivity contribution is -0.207. The van der Waals surface area contributed by atoms with Crippen molar-refractivity contribution in [3.63, 3.8) is 0 Å². The highest BCUT2D eigenvalue weighted by molar-refractivity contribution is 6.31. The Morgan fingerprint density at radius 2 is 1.73 bits per heavy atom. The van der Waals surface area contributed by atoms with Gasteiger partial charge in [-0.15, -0.1) is 10.2 Å². The van der Waals surface area contributed by atoms with Gasteiger partial charge in [0.15, 0.2) is 6.10 Å². The number of likely N-dealkylation sites (tertiary alicyclic amines) is 2. The van der Waals surface area contributed by atoms with E-state index in [0.717, 1.165) is 37.6 Å². The van der Waals surface area contributed by atoms with E-state index in [2.05, 4.69) is 20.3 Å². The average Bonchev–Trinajstić information content (AvgIpc) is 3.51. The van der Waals surface area contributed by atoms with Gasteiger partial charge in [0.25, 0.3) is 0 Å². The molecule has 4 fully saturated rings. The maximum atomic E-state index is 13.2. The number of piperidine rings is 1. The van der Waals surface area contributed by atoms with E-state index < -0.39 is 18.8 Å². The van der Waals surface area contributed by atoms with Crippen LogP contribution in [-0.4, -0.2) is 84.4 Å². The van der Waals surface area contributed by atoms with Crippen molar-refractivity contribution in [3.8, 4) is 0 Å². The molecule has 4 heterocycles. The van der Waals surface area contributed by atoms with E-state index in [1.54, 1.807) is 18.2 Å². The van der Waals surface area contributed by atoms with Crippen molar-refractivity contribution in [3.05, 3.63) is 40.6 Å². The maximum Gasteiger partial charge on any atom is 0.416 e. The van der Waals surface area contributed by atoms with Gasteiger partial charge in [-0.05, 0) is 56.7 Å². The number of fused-ring (bicyclic) bond motifs is 1. The molecule has 0 bridgehead atoms. The van der Waals surface area contributed by atoms with E-state index in [0.29, 0.717) is 59.4 Å². The molecule has 214 valence electrons. The SMILES string of the molecule is O=C(N1CCC(c2nn(C[C@@H](O)C(F)(F)F)c3ccc(Cl)cc23)CC1)N1CC2(CC(c3nnc(C4CC4)[nH]3)C2)C1. The van der Waals surface area contributed by atoms with Crippen LogP contribution < -0.4 is 0 Å². The van der Waals surface area contributed by atoms with Crippen LogP contribution in [0.15, 0.2) is 18.2 Å². The number of alkyl halides is 3. The van der Waals surface area contributed by atoms with Gasteiger partial charge in [0, 0.05) is 59.8 Å². The van der Waals surface area contributed by atoms with Gasteiger partial charge in [-0.3, -0.25) is 4.68 Å². The fourth-order valence-corrected chi connectivity index (χ4v) is 6.95. The summed E-state index contributed by atoms with van der Waals surface area (Å²) in [5, 5.41) is 24.0. The molecule has 0 unspecified atom stereocenters. The molecular weight excluding hydrogens is 547 g/mol. The fraction of sp³-hybridized carbons (Fsp3) is 0.630. The number of aliphatic hydroxyl groups is 1. The molecular formula is C27H31ClF3N7O2. The molecule has 1 aromatic carbocycles. The van der Waals surface area contributed by atoms with Crippen molar-refractivity contribution in [2.75, 3.05) is 26.2 Å². The first-order valence-corrected chi connectivity index (χ1v) is 14.3. The monoisotopic (exact) mass is 577 g/mol. The minimum Gasteiger partial charge on any atom is -0.382 e. The van der Waals surface area contributed by atoms with Crippen LogP contribution >= 0.6 is 11.6 Å². The summed E-state index contributed by atoms with van der Waals surface area (Å²) in [6.45, 7) is 1.95. The first-order chi connectivity index (χ1) is 19.1. The Labute approximate surface area is 233 Å². The number of aromatic amines is 1. The van der Waals surface area contributed by atoms with Gasteiger partial charge in [0.1, 0.15) is 11.6 Å². The zero-order chi connectivity index (χ0) is 27.8. The van der Waals surface area contributed by atoms with Crippen LogP contribution in [-0.2, 0) is 6.54 Å². The van der Waals surface area contributed by atoms with Crippen molar-refractivity contribution in [2.45, 2.75) is 75.1 Å². The van der Waals surface area contributed by atoms with Gasteiger partial charge in [-0.2, -0.15) is 18.3 Å². The lowest BCUT2D eigenvalue weighted by Gasteiger charge is -2.59. The summed E-state index contributed by atoms with van der Waals surface area (Å²) < 4.78 is 40.3. The van der Waals surface area contributed by atoms with Crippen LogP contribution in [0.3, 0.4) is 0 Å². The Bertz CT molecular complexity index is 1430. The zero-order valence-corrected chi connectivity index (χ0v) is 22.6. The highest BCUT2D eigenvalue weighted by atomic mass is 35.5. The topological polar surface area (TPSA) is 103 Å². The molecule has 2 aliphatic heterocycles. The number of amides is 2. The lowest BCUT2D eigenvalue weighted by Crippen LogP contribution is -2.65. The Kier molecular flexibility index (Phi) is 6.08. The Morgan fingerprint density at radius 3 is 2.38 bits per heavy atom. The normalized spacial score (nSPS) is 22.5. The summed E-state index contributed by atoms with van der Waals surface area (Å²) in [6.07, 6.45) is -1.50. The number of urea groups is 1. The number of nitrogens with zero attached hydrogens (tertiary/aromatic N) is 6. The number of halogens is 4. The molecule has 2 saturated heterocycles. The largest absolute Gasteiger partial charge is 0.416 e. The quantitative estimate of drug-likeness (QED) is 0.454. The number of carbonyl (C=O) groups is 1. The van der Waals surface area contributed by atoms with Gasteiger partial charge < -0.3 is 19.9 Å². The summed E-state index contributed by atoms with van der Waals surface area (Å²) in [7, 11) is 0. The number of carbonyl (C=O) groups excluding carboxylic acids is 1. The van der Waals surface area contributed by atoms with Crippen LogP contribution in [0.5, 0.6) is 0 Å². The predicted molar refractivity (Wildman–Crippen MR) is 140 cm³/mol. The molecule has 4 aliphatic rings. The summed E-state index contributed by atoms with van der Waals surface area (Å²) >= 11 is 6.21. The standard InChI is InChI=1S/C27H31ClF3N7O2/c28-18-3-4-20-19(9-18)22(35-38(20)12-21(39)27(29,30)31)15-5-7-36(8-6-15)25(40)37-13-26(14-37)10-17(11-26)24-32-23(33-34-24)16-1-2-16/h3-4,9,15-17,21,39H,1-2,5-8,10-14H2,(H,32,33,34)/t21-/m1/s1. The van der Waals surface area contributed by atoms with Crippen LogP contribution in [0.25, 0.3) is 10.9 Å². The highest BCUT2D eigenvalue weighted by Crippen LogP contribution is 2.56. The van der Waals surface area contributed by atoms with Crippen LogP contribution in [0.2, 0.25) is 5.02 Å². The summed E-state index contributed by atoms with van der Waals surface area (Å²) in [4.78, 5) is 20.4. The number of nitrogens with one attached hydrogen (secondary N) is 1. The van der Waals surface area contributed by atoms with E-state index >= 15 is 0 Å². The van der Waals surface area contributed by atoms with E-state index in [1.807, 2.05) is 9.80 Å². The first kappa shape index (κ1) is 26.1. The maximum absolute atomic E-state index is 13.2. The molecule has 13 heteroatoms. The summed E-state index contributed by atoms with van der Waals surface area (Å²) in [5.41, 5.74) is 1.36. The second-order valence-corrected chi connectivity index (χ2v) is 12.6. The number of rotatable bonds is 5. The molecule has 7 rings (SSSR count). The lowest BCUT2D eigenvalue weighted by atomic mass is 9.57. The van der Waals surface area contributed by atoms with Crippen molar-refractivity contribution in [1.82, 2.24) is 34.8 Å². The highest BCUT2D eigenvalue weighted by Gasteiger charge is 2.55. The van der Waals surface area contributed by atoms with Crippen LogP contribution in [0.4, 0.5) is 18.0 Å². The molecule has 2 amide bonds. The second-order valence-electron chi connectivity index (χ2n) is 12.2. The Morgan fingerprint density at radius 1 is 1.05 bits per heavy atom. The van der Waals surface area contributed by atoms with Gasteiger partial charge in [-0.1, -0.05) is 11.6 Å². The molecule has 40 heavy (non-hydrogen) atoms. The third kappa shape index (κ3) is 4.62. The zero-order valence-electron chi connectivity index (χ0n) is 21.9. The Hall–Kier alpha value is -2.86. The van der Waals surface area contributed by atoms with E-state index in [9.17, 15) is 23.1 Å². The number of benzene rings is 1. The Balaban J connectivity index is 0.953. The molecule has 1 atom stereocenters. The molecule has 2 N–H and O–H groups in total. The smallest absolute Gasteiger partial charge is 0.382 e. The number of aliphatic hydroxyl groups excluding tert-OH is 1. The van der Waals surface area contributed by atoms with E-state index in [1.165, 1.54) is 17.5 Å². The minimum atomic E-state index is -4.73. The predicted octanol–water partition coefficient (Wildman–Crippen LogP) is 4.79. The van der Waals surface area contributed by atoms with Crippen molar-refractivity contribution >= 4 is 28.5 Å². The van der Waals surface area contributed by atoms with Gasteiger partial charge in [0.2, 0.25) is 0 Å². The van der Waals surface area contributed by atoms with Gasteiger partial charge in [-0.25, -0.2) is 4.79 Å². The van der Waals surface area contributed by atoms with Crippen molar-refractivity contribution in [2.24, 2.45) is 5.41 Å². The van der Waals surface area contributed by atoms with Crippen LogP contribution in [0.1, 0.15) is 73.6 Å². The van der Waals surface area contributed by atoms with Crippen molar-refractivity contribution < 1.29 is 23.1 Å². The van der Waals surface area contributed by atoms with E-state index in [-0.39, 0.29) is 17.4 Å².